The third-order valence-corrected chi connectivity index (χ3v) is 2.65. The van der Waals surface area contributed by atoms with E-state index >= 15 is 0 Å². The second-order valence-corrected chi connectivity index (χ2v) is 3.58. The maximum absolute atomic E-state index is 3.88. The van der Waals surface area contributed by atoms with Gasteiger partial charge in [-0.25, -0.2) is 0 Å². The van der Waals surface area contributed by atoms with Gasteiger partial charge >= 0.3 is 0 Å². The van der Waals surface area contributed by atoms with Crippen molar-refractivity contribution in [3.8, 4) is 11.1 Å². The normalized spacial score (nSPS) is 9.75. The second-order valence-electron chi connectivity index (χ2n) is 3.58. The molecule has 0 heterocycles. The molecule has 2 aromatic carbocycles. The molecule has 0 saturated carbocycles. The van der Waals surface area contributed by atoms with E-state index in [4.69, 9.17) is 0 Å². The average Bonchev–Trinajstić information content (AvgIpc) is 2.38. The van der Waals surface area contributed by atoms with Crippen LogP contribution in [0.1, 0.15) is 11.1 Å². The van der Waals surface area contributed by atoms with Gasteiger partial charge in [0.25, 0.3) is 0 Å². The van der Waals surface area contributed by atoms with Gasteiger partial charge < -0.3 is 0 Å². The first kappa shape index (κ1) is 10.4. The molecule has 0 aromatic heterocycles. The molecule has 0 bridgehead atoms. The van der Waals surface area contributed by atoms with Crippen LogP contribution in [0, 0.1) is 0 Å². The topological polar surface area (TPSA) is 0 Å². The summed E-state index contributed by atoms with van der Waals surface area (Å²) in [6.45, 7) is 7.70. The number of benzene rings is 2. The van der Waals surface area contributed by atoms with Gasteiger partial charge in [0.15, 0.2) is 0 Å². The predicted molar refractivity (Wildman–Crippen MR) is 72.1 cm³/mol. The third kappa shape index (κ3) is 1.82. The summed E-state index contributed by atoms with van der Waals surface area (Å²) in [6, 6.07) is 16.5. The van der Waals surface area contributed by atoms with Crippen molar-refractivity contribution in [2.24, 2.45) is 0 Å². The van der Waals surface area contributed by atoms with E-state index in [1.54, 1.807) is 0 Å². The van der Waals surface area contributed by atoms with Gasteiger partial charge in [0.2, 0.25) is 0 Å². The summed E-state index contributed by atoms with van der Waals surface area (Å²) in [7, 11) is 0. The highest BCUT2D eigenvalue weighted by atomic mass is 14.1. The maximum atomic E-state index is 3.88. The standard InChI is InChI=1S/C16H14/c1-3-13-11-8-12-16(15(13)4-2)14-9-6-5-7-10-14/h3-12H,1-2H2. The summed E-state index contributed by atoms with van der Waals surface area (Å²) < 4.78 is 0. The van der Waals surface area contributed by atoms with E-state index in [1.807, 2.05) is 36.4 Å². The van der Waals surface area contributed by atoms with Crippen LogP contribution in [0.4, 0.5) is 0 Å². The summed E-state index contributed by atoms with van der Waals surface area (Å²) in [5.41, 5.74) is 4.68. The van der Waals surface area contributed by atoms with Crippen molar-refractivity contribution in [3.63, 3.8) is 0 Å². The maximum Gasteiger partial charge on any atom is -0.0106 e. The molecular formula is C16H14. The molecule has 0 spiro atoms. The third-order valence-electron chi connectivity index (χ3n) is 2.65. The van der Waals surface area contributed by atoms with E-state index in [2.05, 4.69) is 37.4 Å². The number of hydrogen-bond donors (Lipinski definition) is 0. The van der Waals surface area contributed by atoms with Crippen molar-refractivity contribution in [2.75, 3.05) is 0 Å². The molecule has 0 N–H and O–H groups in total. The molecule has 0 aliphatic rings. The van der Waals surface area contributed by atoms with Gasteiger partial charge in [0, 0.05) is 0 Å². The molecule has 0 fully saturated rings. The van der Waals surface area contributed by atoms with Crippen molar-refractivity contribution in [3.05, 3.63) is 72.8 Å². The highest BCUT2D eigenvalue weighted by Gasteiger charge is 2.04. The van der Waals surface area contributed by atoms with Gasteiger partial charge in [-0.1, -0.05) is 73.8 Å². The fraction of sp³-hybridized carbons (Fsp3) is 0. The summed E-state index contributed by atoms with van der Waals surface area (Å²) in [5.74, 6) is 0. The highest BCUT2D eigenvalue weighted by molar-refractivity contribution is 5.80. The minimum Gasteiger partial charge on any atom is -0.0984 e. The fourth-order valence-corrected chi connectivity index (χ4v) is 1.86. The van der Waals surface area contributed by atoms with Crippen LogP contribution in [0.3, 0.4) is 0 Å². The van der Waals surface area contributed by atoms with Crippen molar-refractivity contribution < 1.29 is 0 Å². The van der Waals surface area contributed by atoms with E-state index < -0.39 is 0 Å². The zero-order chi connectivity index (χ0) is 11.4. The van der Waals surface area contributed by atoms with Crippen molar-refractivity contribution >= 4 is 12.2 Å². The fourth-order valence-electron chi connectivity index (χ4n) is 1.86. The summed E-state index contributed by atoms with van der Waals surface area (Å²) in [5, 5.41) is 0. The van der Waals surface area contributed by atoms with Crippen LogP contribution in [-0.4, -0.2) is 0 Å². The van der Waals surface area contributed by atoms with Crippen LogP contribution in [0.2, 0.25) is 0 Å². The Hall–Kier alpha value is -2.08. The lowest BCUT2D eigenvalue weighted by Crippen LogP contribution is -1.86. The van der Waals surface area contributed by atoms with Crippen molar-refractivity contribution in [1.29, 1.82) is 0 Å². The molecule has 0 aliphatic carbocycles. The predicted octanol–water partition coefficient (Wildman–Crippen LogP) is 4.64. The quantitative estimate of drug-likeness (QED) is 0.686. The van der Waals surface area contributed by atoms with Crippen LogP contribution in [0.15, 0.2) is 61.7 Å². The number of hydrogen-bond acceptors (Lipinski definition) is 0. The van der Waals surface area contributed by atoms with E-state index in [-0.39, 0.29) is 0 Å². The minimum absolute atomic E-state index is 1.12. The first-order chi connectivity index (χ1) is 7.86. The minimum atomic E-state index is 1.12. The van der Waals surface area contributed by atoms with Gasteiger partial charge in [0.1, 0.15) is 0 Å². The largest absolute Gasteiger partial charge is 0.0984 e. The Morgan fingerprint density at radius 3 is 2.12 bits per heavy atom. The first-order valence-corrected chi connectivity index (χ1v) is 5.30. The van der Waals surface area contributed by atoms with Gasteiger partial charge in [-0.3, -0.25) is 0 Å². The zero-order valence-corrected chi connectivity index (χ0v) is 9.19. The molecule has 0 aliphatic heterocycles. The van der Waals surface area contributed by atoms with E-state index in [1.165, 1.54) is 11.1 Å². The van der Waals surface area contributed by atoms with E-state index in [9.17, 15) is 0 Å². The van der Waals surface area contributed by atoms with Gasteiger partial charge in [-0.05, 0) is 22.3 Å². The van der Waals surface area contributed by atoms with Crippen LogP contribution < -0.4 is 0 Å². The molecule has 16 heavy (non-hydrogen) atoms. The Labute approximate surface area is 96.6 Å². The zero-order valence-electron chi connectivity index (χ0n) is 9.19. The first-order valence-electron chi connectivity index (χ1n) is 5.30. The van der Waals surface area contributed by atoms with Gasteiger partial charge in [0.05, 0.1) is 0 Å². The molecule has 0 atom stereocenters. The molecule has 0 nitrogen and oxygen atoms in total. The van der Waals surface area contributed by atoms with Crippen LogP contribution in [0.5, 0.6) is 0 Å². The summed E-state index contributed by atoms with van der Waals surface area (Å²) in [6.07, 6.45) is 3.75. The van der Waals surface area contributed by atoms with E-state index in [0.717, 1.165) is 11.1 Å². The van der Waals surface area contributed by atoms with E-state index in [0.29, 0.717) is 0 Å². The number of rotatable bonds is 3. The highest BCUT2D eigenvalue weighted by Crippen LogP contribution is 2.27. The van der Waals surface area contributed by atoms with Crippen LogP contribution in [0.25, 0.3) is 23.3 Å². The van der Waals surface area contributed by atoms with Crippen molar-refractivity contribution in [2.45, 2.75) is 0 Å². The van der Waals surface area contributed by atoms with Gasteiger partial charge in [-0.2, -0.15) is 0 Å². The Balaban J connectivity index is 2.66. The molecule has 0 heteroatoms. The van der Waals surface area contributed by atoms with Crippen molar-refractivity contribution in [1.82, 2.24) is 0 Å². The Bertz CT molecular complexity index is 507. The Morgan fingerprint density at radius 2 is 1.50 bits per heavy atom. The lowest BCUT2D eigenvalue weighted by atomic mass is 9.95. The Kier molecular flexibility index (Phi) is 3.02. The average molecular weight is 206 g/mol. The molecule has 0 radical (unpaired) electrons. The van der Waals surface area contributed by atoms with Crippen LogP contribution >= 0.6 is 0 Å². The Morgan fingerprint density at radius 1 is 0.750 bits per heavy atom. The van der Waals surface area contributed by atoms with Gasteiger partial charge in [-0.15, -0.1) is 0 Å². The molecule has 2 aromatic rings. The summed E-state index contributed by atoms with van der Waals surface area (Å²) >= 11 is 0. The monoisotopic (exact) mass is 206 g/mol. The smallest absolute Gasteiger partial charge is 0.0106 e. The molecule has 0 saturated heterocycles. The summed E-state index contributed by atoms with van der Waals surface area (Å²) in [4.78, 5) is 0. The second kappa shape index (κ2) is 4.63. The molecular weight excluding hydrogens is 192 g/mol. The lowest BCUT2D eigenvalue weighted by molar-refractivity contribution is 1.57. The lowest BCUT2D eigenvalue weighted by Gasteiger charge is -2.09. The molecule has 78 valence electrons. The molecule has 0 unspecified atom stereocenters. The molecule has 0 amide bonds. The SMILES string of the molecule is C=Cc1cccc(-c2ccccc2)c1C=C. The van der Waals surface area contributed by atoms with Crippen LogP contribution in [-0.2, 0) is 0 Å². The molecule has 2 rings (SSSR count).